The first kappa shape index (κ1) is 13.8. The van der Waals surface area contributed by atoms with Crippen LogP contribution in [0.5, 0.6) is 0 Å². The topological polar surface area (TPSA) is 55.0 Å². The maximum Gasteiger partial charge on any atom is 0.205 e. The van der Waals surface area contributed by atoms with Crippen LogP contribution in [-0.4, -0.2) is 16.4 Å². The van der Waals surface area contributed by atoms with Crippen molar-refractivity contribution in [2.45, 2.75) is 32.7 Å². The number of benzene rings is 1. The molecule has 0 amide bonds. The lowest BCUT2D eigenvalue weighted by Gasteiger charge is -2.16. The lowest BCUT2D eigenvalue weighted by atomic mass is 9.96. The Kier molecular flexibility index (Phi) is 3.75. The molecule has 2 aromatic rings. The minimum Gasteiger partial charge on any atom is -0.399 e. The van der Waals surface area contributed by atoms with Crippen LogP contribution in [0, 0.1) is 0 Å². The molecule has 4 nitrogen and oxygen atoms in total. The first-order valence-electron chi connectivity index (χ1n) is 6.26. The Morgan fingerprint density at radius 3 is 2.63 bits per heavy atom. The minimum absolute atomic E-state index is 0.00718. The Morgan fingerprint density at radius 1 is 1.32 bits per heavy atom. The Hall–Kier alpha value is -1.62. The molecule has 1 aromatic carbocycles. The maximum atomic E-state index is 5.79. The summed E-state index contributed by atoms with van der Waals surface area (Å²) in [7, 11) is 2.02. The van der Waals surface area contributed by atoms with Crippen molar-refractivity contribution in [2.75, 3.05) is 17.7 Å². The first-order valence-corrected chi connectivity index (χ1v) is 7.03. The molecule has 0 fully saturated rings. The van der Waals surface area contributed by atoms with E-state index < -0.39 is 0 Å². The summed E-state index contributed by atoms with van der Waals surface area (Å²) in [6.07, 6.45) is 0. The Morgan fingerprint density at radius 2 is 2.05 bits per heavy atom. The van der Waals surface area contributed by atoms with E-state index in [4.69, 9.17) is 5.73 Å². The van der Waals surface area contributed by atoms with Crippen LogP contribution >= 0.6 is 11.5 Å². The predicted molar refractivity (Wildman–Crippen MR) is 81.6 cm³/mol. The molecule has 0 aliphatic heterocycles. The highest BCUT2D eigenvalue weighted by atomic mass is 32.1. The number of aromatic nitrogens is 2. The van der Waals surface area contributed by atoms with Gasteiger partial charge in [-0.15, -0.1) is 0 Å². The molecule has 2 rings (SSSR count). The molecule has 0 aliphatic carbocycles. The van der Waals surface area contributed by atoms with Crippen LogP contribution in [0.2, 0.25) is 0 Å². The molecule has 0 saturated carbocycles. The Labute approximate surface area is 118 Å². The van der Waals surface area contributed by atoms with Crippen molar-refractivity contribution >= 4 is 22.4 Å². The smallest absolute Gasteiger partial charge is 0.205 e. The van der Waals surface area contributed by atoms with Gasteiger partial charge in [-0.3, -0.25) is 0 Å². The fourth-order valence-electron chi connectivity index (χ4n) is 1.71. The van der Waals surface area contributed by atoms with Crippen molar-refractivity contribution in [3.63, 3.8) is 0 Å². The van der Waals surface area contributed by atoms with Gasteiger partial charge >= 0.3 is 0 Å². The number of hydrogen-bond donors (Lipinski definition) is 1. The van der Waals surface area contributed by atoms with Gasteiger partial charge in [0.1, 0.15) is 5.82 Å². The number of nitrogen functional groups attached to an aromatic ring is 1. The van der Waals surface area contributed by atoms with Crippen molar-refractivity contribution in [1.29, 1.82) is 0 Å². The summed E-state index contributed by atoms with van der Waals surface area (Å²) >= 11 is 1.44. The average molecular weight is 276 g/mol. The summed E-state index contributed by atoms with van der Waals surface area (Å²) in [6, 6.07) is 7.92. The van der Waals surface area contributed by atoms with E-state index in [1.807, 2.05) is 25.2 Å². The second-order valence-corrected chi connectivity index (χ2v) is 6.48. The molecule has 0 bridgehead atoms. The van der Waals surface area contributed by atoms with E-state index in [2.05, 4.69) is 41.1 Å². The molecule has 5 heteroatoms. The largest absolute Gasteiger partial charge is 0.399 e. The van der Waals surface area contributed by atoms with Gasteiger partial charge in [0.25, 0.3) is 0 Å². The van der Waals surface area contributed by atoms with Crippen molar-refractivity contribution in [3.05, 3.63) is 35.7 Å². The summed E-state index contributed by atoms with van der Waals surface area (Å²) in [5.74, 6) is 0.895. The van der Waals surface area contributed by atoms with Crippen LogP contribution in [0.25, 0.3) is 0 Å². The van der Waals surface area contributed by atoms with E-state index in [1.165, 1.54) is 17.1 Å². The van der Waals surface area contributed by atoms with E-state index >= 15 is 0 Å². The number of hydrogen-bond acceptors (Lipinski definition) is 5. The first-order chi connectivity index (χ1) is 8.86. The second-order valence-electron chi connectivity index (χ2n) is 5.75. The van der Waals surface area contributed by atoms with Crippen molar-refractivity contribution in [3.8, 4) is 0 Å². The third-order valence-corrected chi connectivity index (χ3v) is 3.61. The normalized spacial score (nSPS) is 11.6. The molecule has 1 aromatic heterocycles. The van der Waals surface area contributed by atoms with Crippen molar-refractivity contribution in [2.24, 2.45) is 0 Å². The minimum atomic E-state index is -0.00718. The zero-order valence-electron chi connectivity index (χ0n) is 11.8. The van der Waals surface area contributed by atoms with Crippen molar-refractivity contribution < 1.29 is 0 Å². The van der Waals surface area contributed by atoms with E-state index in [0.29, 0.717) is 0 Å². The van der Waals surface area contributed by atoms with Crippen LogP contribution in [0.1, 0.15) is 32.2 Å². The zero-order valence-corrected chi connectivity index (χ0v) is 12.7. The van der Waals surface area contributed by atoms with Gasteiger partial charge in [0.2, 0.25) is 5.13 Å². The van der Waals surface area contributed by atoms with Crippen LogP contribution in [0.4, 0.5) is 10.8 Å². The standard InChI is InChI=1S/C14H20N4S/c1-14(2,3)12-16-13(19-17-12)18(4)9-10-6-5-7-11(15)8-10/h5-8H,9,15H2,1-4H3. The van der Waals surface area contributed by atoms with Gasteiger partial charge in [-0.05, 0) is 17.7 Å². The van der Waals surface area contributed by atoms with Gasteiger partial charge in [0, 0.05) is 36.2 Å². The summed E-state index contributed by atoms with van der Waals surface area (Å²) < 4.78 is 4.43. The predicted octanol–water partition coefficient (Wildman–Crippen LogP) is 3.05. The van der Waals surface area contributed by atoms with Gasteiger partial charge in [-0.25, -0.2) is 4.98 Å². The fourth-order valence-corrected chi connectivity index (χ4v) is 2.52. The Bertz CT molecular complexity index is 557. The van der Waals surface area contributed by atoms with E-state index in [0.717, 1.165) is 23.2 Å². The molecule has 0 atom stereocenters. The number of rotatable bonds is 3. The highest BCUT2D eigenvalue weighted by Crippen LogP contribution is 2.25. The summed E-state index contributed by atoms with van der Waals surface area (Å²) in [5.41, 5.74) is 7.75. The molecular weight excluding hydrogens is 256 g/mol. The molecule has 0 spiro atoms. The molecule has 102 valence electrons. The maximum absolute atomic E-state index is 5.79. The monoisotopic (exact) mass is 276 g/mol. The van der Waals surface area contributed by atoms with Gasteiger partial charge in [-0.1, -0.05) is 32.9 Å². The fraction of sp³-hybridized carbons (Fsp3) is 0.429. The summed E-state index contributed by atoms with van der Waals surface area (Å²) in [5, 5.41) is 0.937. The number of nitrogens with two attached hydrogens (primary N) is 1. The Balaban J connectivity index is 2.12. The van der Waals surface area contributed by atoms with Crippen LogP contribution in [0.3, 0.4) is 0 Å². The third-order valence-electron chi connectivity index (χ3n) is 2.78. The molecule has 0 unspecified atom stereocenters. The van der Waals surface area contributed by atoms with E-state index in [1.54, 1.807) is 0 Å². The molecule has 0 radical (unpaired) electrons. The quantitative estimate of drug-likeness (QED) is 0.875. The van der Waals surface area contributed by atoms with Crippen LogP contribution in [0.15, 0.2) is 24.3 Å². The lowest BCUT2D eigenvalue weighted by Crippen LogP contribution is -2.18. The van der Waals surface area contributed by atoms with E-state index in [9.17, 15) is 0 Å². The van der Waals surface area contributed by atoms with Gasteiger partial charge in [0.05, 0.1) is 0 Å². The van der Waals surface area contributed by atoms with E-state index in [-0.39, 0.29) is 5.41 Å². The summed E-state index contributed by atoms with van der Waals surface area (Å²) in [6.45, 7) is 7.15. The van der Waals surface area contributed by atoms with Gasteiger partial charge in [-0.2, -0.15) is 4.37 Å². The number of nitrogens with zero attached hydrogens (tertiary/aromatic N) is 3. The molecule has 1 heterocycles. The molecule has 19 heavy (non-hydrogen) atoms. The van der Waals surface area contributed by atoms with Crippen molar-refractivity contribution in [1.82, 2.24) is 9.36 Å². The second kappa shape index (κ2) is 5.17. The van der Waals surface area contributed by atoms with Crippen LogP contribution in [-0.2, 0) is 12.0 Å². The lowest BCUT2D eigenvalue weighted by molar-refractivity contribution is 0.554. The zero-order chi connectivity index (χ0) is 14.0. The molecule has 0 saturated heterocycles. The molecule has 0 aliphatic rings. The summed E-state index contributed by atoms with van der Waals surface area (Å²) in [4.78, 5) is 6.70. The average Bonchev–Trinajstić information content (AvgIpc) is 2.77. The van der Waals surface area contributed by atoms with Gasteiger partial charge < -0.3 is 10.6 Å². The molecular formula is C14H20N4S. The van der Waals surface area contributed by atoms with Gasteiger partial charge in [0.15, 0.2) is 0 Å². The SMILES string of the molecule is CN(Cc1cccc(N)c1)c1nc(C(C)(C)C)ns1. The molecule has 2 N–H and O–H groups in total. The number of anilines is 2. The highest BCUT2D eigenvalue weighted by molar-refractivity contribution is 7.09. The third kappa shape index (κ3) is 3.44. The highest BCUT2D eigenvalue weighted by Gasteiger charge is 2.20. The van der Waals surface area contributed by atoms with Crippen LogP contribution < -0.4 is 10.6 Å².